The second-order valence-corrected chi connectivity index (χ2v) is 9.20. The second kappa shape index (κ2) is 8.50. The van der Waals surface area contributed by atoms with Crippen molar-refractivity contribution in [2.24, 2.45) is 0 Å². The van der Waals surface area contributed by atoms with Crippen molar-refractivity contribution in [1.82, 2.24) is 10.3 Å². The molecule has 0 radical (unpaired) electrons. The van der Waals surface area contributed by atoms with Crippen molar-refractivity contribution in [3.8, 4) is 0 Å². The molecule has 130 valence electrons. The molecule has 2 rings (SSSR count). The molecule has 0 saturated heterocycles. The monoisotopic (exact) mass is 366 g/mol. The third-order valence-corrected chi connectivity index (χ3v) is 5.19. The number of aryl methyl sites for hydroxylation is 2. The summed E-state index contributed by atoms with van der Waals surface area (Å²) in [5.74, 6) is -0.914. The zero-order valence-electron chi connectivity index (χ0n) is 13.9. The maximum Gasteiger partial charge on any atom is 0.197 e. The highest BCUT2D eigenvalue weighted by molar-refractivity contribution is 7.91. The molecular weight excluding hydrogens is 344 g/mol. The number of Topliss-reactive ketones (excluding diaryl/α,β-unsaturated/α-hetero) is 1. The van der Waals surface area contributed by atoms with Gasteiger partial charge in [-0.15, -0.1) is 11.3 Å². The predicted molar refractivity (Wildman–Crippen MR) is 97.4 cm³/mol. The Morgan fingerprint density at radius 3 is 2.62 bits per heavy atom. The molecule has 1 N–H and O–H groups in total. The van der Waals surface area contributed by atoms with Crippen LogP contribution in [0.1, 0.15) is 32.4 Å². The zero-order chi connectivity index (χ0) is 17.6. The van der Waals surface area contributed by atoms with E-state index in [2.05, 4.69) is 22.4 Å². The quantitative estimate of drug-likeness (QED) is 0.545. The number of rotatable bonds is 9. The fourth-order valence-electron chi connectivity index (χ4n) is 2.35. The van der Waals surface area contributed by atoms with Gasteiger partial charge < -0.3 is 5.32 Å². The topological polar surface area (TPSA) is 76.1 Å². The van der Waals surface area contributed by atoms with Crippen LogP contribution in [0.25, 0.3) is 0 Å². The number of nitrogens with zero attached hydrogens (tertiary/aromatic N) is 1. The molecule has 1 aromatic heterocycles. The number of hydrogen-bond acceptors (Lipinski definition) is 6. The highest BCUT2D eigenvalue weighted by Crippen LogP contribution is 2.18. The van der Waals surface area contributed by atoms with E-state index in [0.29, 0.717) is 6.54 Å². The number of carbonyl (C=O) groups excluding carboxylic acids is 1. The summed E-state index contributed by atoms with van der Waals surface area (Å²) in [7, 11) is -3.33. The second-order valence-electron chi connectivity index (χ2n) is 5.77. The Morgan fingerprint density at radius 1 is 1.25 bits per heavy atom. The molecule has 0 aliphatic rings. The minimum atomic E-state index is -3.33. The average molecular weight is 367 g/mol. The van der Waals surface area contributed by atoms with Crippen LogP contribution in [0.4, 0.5) is 0 Å². The number of aromatic nitrogens is 1. The minimum absolute atomic E-state index is 0.284. The molecule has 0 unspecified atom stereocenters. The van der Waals surface area contributed by atoms with E-state index in [4.69, 9.17) is 0 Å². The van der Waals surface area contributed by atoms with Crippen LogP contribution >= 0.6 is 11.3 Å². The molecule has 1 aromatic carbocycles. The van der Waals surface area contributed by atoms with Crippen molar-refractivity contribution < 1.29 is 13.2 Å². The smallest absolute Gasteiger partial charge is 0.197 e. The van der Waals surface area contributed by atoms with Gasteiger partial charge in [-0.1, -0.05) is 30.3 Å². The highest BCUT2D eigenvalue weighted by atomic mass is 32.2. The standard InChI is InChI=1S/C17H22N2O3S2/c1-13-17(15(20)12-24(2,21)22)19-16(23-13)11-18-10-6-9-14-7-4-3-5-8-14/h3-5,7-8,18H,6,9-12H2,1-2H3. The van der Waals surface area contributed by atoms with Gasteiger partial charge >= 0.3 is 0 Å². The van der Waals surface area contributed by atoms with Crippen molar-refractivity contribution in [3.05, 3.63) is 51.5 Å². The van der Waals surface area contributed by atoms with E-state index in [9.17, 15) is 13.2 Å². The first kappa shape index (κ1) is 18.8. The van der Waals surface area contributed by atoms with Crippen LogP contribution in [0.5, 0.6) is 0 Å². The Hall–Kier alpha value is -1.57. The molecular formula is C17H22N2O3S2. The molecule has 0 amide bonds. The van der Waals surface area contributed by atoms with Gasteiger partial charge in [0.05, 0.1) is 0 Å². The lowest BCUT2D eigenvalue weighted by molar-refractivity contribution is 0.101. The van der Waals surface area contributed by atoms with Crippen molar-refractivity contribution >= 4 is 27.0 Å². The third-order valence-electron chi connectivity index (χ3n) is 3.44. The van der Waals surface area contributed by atoms with Crippen LogP contribution < -0.4 is 5.32 Å². The first-order chi connectivity index (χ1) is 11.3. The van der Waals surface area contributed by atoms with Crippen molar-refractivity contribution in [2.75, 3.05) is 18.6 Å². The number of sulfone groups is 1. The van der Waals surface area contributed by atoms with Crippen LogP contribution in [0.15, 0.2) is 30.3 Å². The van der Waals surface area contributed by atoms with Gasteiger partial charge in [-0.2, -0.15) is 0 Å². The maximum atomic E-state index is 12.0. The number of thiazole rings is 1. The van der Waals surface area contributed by atoms with Gasteiger partial charge in [0.25, 0.3) is 0 Å². The lowest BCUT2D eigenvalue weighted by Crippen LogP contribution is -2.17. The van der Waals surface area contributed by atoms with E-state index < -0.39 is 21.4 Å². The Labute approximate surface area is 147 Å². The van der Waals surface area contributed by atoms with Gasteiger partial charge in [0.2, 0.25) is 0 Å². The summed E-state index contributed by atoms with van der Waals surface area (Å²) in [5.41, 5.74) is 1.60. The maximum absolute atomic E-state index is 12.0. The SMILES string of the molecule is Cc1sc(CNCCCc2ccccc2)nc1C(=O)CS(C)(=O)=O. The molecule has 0 spiro atoms. The molecule has 24 heavy (non-hydrogen) atoms. The Morgan fingerprint density at radius 2 is 1.96 bits per heavy atom. The summed E-state index contributed by atoms with van der Waals surface area (Å²) in [5, 5.41) is 4.13. The molecule has 1 heterocycles. The predicted octanol–water partition coefficient (Wildman–Crippen LogP) is 2.40. The van der Waals surface area contributed by atoms with Crippen molar-refractivity contribution in [1.29, 1.82) is 0 Å². The molecule has 0 aliphatic heterocycles. The molecule has 0 bridgehead atoms. The molecule has 0 fully saturated rings. The molecule has 2 aromatic rings. The summed E-state index contributed by atoms with van der Waals surface area (Å²) in [6.45, 7) is 3.25. The van der Waals surface area contributed by atoms with E-state index in [1.54, 1.807) is 6.92 Å². The van der Waals surface area contributed by atoms with Crippen LogP contribution in [-0.4, -0.2) is 37.7 Å². The summed E-state index contributed by atoms with van der Waals surface area (Å²) in [4.78, 5) is 17.0. The number of ketones is 1. The fourth-order valence-corrected chi connectivity index (χ4v) is 3.88. The number of carbonyl (C=O) groups is 1. The van der Waals surface area contributed by atoms with Crippen LogP contribution in [0.2, 0.25) is 0 Å². The Bertz CT molecular complexity index is 783. The molecule has 0 saturated carbocycles. The average Bonchev–Trinajstić information content (AvgIpc) is 2.87. The van der Waals surface area contributed by atoms with Crippen LogP contribution in [0.3, 0.4) is 0 Å². The molecule has 5 nitrogen and oxygen atoms in total. The Balaban J connectivity index is 1.79. The zero-order valence-corrected chi connectivity index (χ0v) is 15.5. The number of hydrogen-bond donors (Lipinski definition) is 1. The van der Waals surface area contributed by atoms with Crippen LogP contribution in [-0.2, 0) is 22.8 Å². The normalized spacial score (nSPS) is 11.6. The molecule has 0 atom stereocenters. The number of nitrogens with one attached hydrogen (secondary N) is 1. The van der Waals surface area contributed by atoms with E-state index >= 15 is 0 Å². The van der Waals surface area contributed by atoms with Gasteiger partial charge in [0.1, 0.15) is 16.5 Å². The summed E-state index contributed by atoms with van der Waals surface area (Å²) < 4.78 is 22.5. The summed E-state index contributed by atoms with van der Waals surface area (Å²) in [6, 6.07) is 10.3. The van der Waals surface area contributed by atoms with Crippen molar-refractivity contribution in [3.63, 3.8) is 0 Å². The summed E-state index contributed by atoms with van der Waals surface area (Å²) >= 11 is 1.43. The molecule has 7 heteroatoms. The first-order valence-corrected chi connectivity index (χ1v) is 10.6. The van der Waals surface area contributed by atoms with Gasteiger partial charge in [-0.05, 0) is 31.9 Å². The van der Waals surface area contributed by atoms with E-state index in [0.717, 1.165) is 35.5 Å². The van der Waals surface area contributed by atoms with Crippen LogP contribution in [0, 0.1) is 6.92 Å². The fraction of sp³-hybridized carbons (Fsp3) is 0.412. The Kier molecular flexibility index (Phi) is 6.65. The summed E-state index contributed by atoms with van der Waals surface area (Å²) in [6.07, 6.45) is 3.10. The van der Waals surface area contributed by atoms with Gasteiger partial charge in [-0.3, -0.25) is 4.79 Å². The van der Waals surface area contributed by atoms with E-state index in [-0.39, 0.29) is 5.69 Å². The lowest BCUT2D eigenvalue weighted by Gasteiger charge is -2.03. The largest absolute Gasteiger partial charge is 0.310 e. The lowest BCUT2D eigenvalue weighted by atomic mass is 10.1. The van der Waals surface area contributed by atoms with E-state index in [1.807, 2.05) is 18.2 Å². The number of benzene rings is 1. The van der Waals surface area contributed by atoms with Gasteiger partial charge in [0.15, 0.2) is 15.6 Å². The molecule has 0 aliphatic carbocycles. The minimum Gasteiger partial charge on any atom is -0.310 e. The van der Waals surface area contributed by atoms with Gasteiger partial charge in [-0.25, -0.2) is 13.4 Å². The van der Waals surface area contributed by atoms with E-state index in [1.165, 1.54) is 16.9 Å². The highest BCUT2D eigenvalue weighted by Gasteiger charge is 2.19. The first-order valence-electron chi connectivity index (χ1n) is 7.77. The van der Waals surface area contributed by atoms with Gasteiger partial charge in [0, 0.05) is 17.7 Å². The van der Waals surface area contributed by atoms with Crippen molar-refractivity contribution in [2.45, 2.75) is 26.3 Å². The third kappa shape index (κ3) is 6.14.